The van der Waals surface area contributed by atoms with Gasteiger partial charge in [0.25, 0.3) is 0 Å². The van der Waals surface area contributed by atoms with Crippen LogP contribution < -0.4 is 15.0 Å². The van der Waals surface area contributed by atoms with Gasteiger partial charge in [-0.05, 0) is 50.2 Å². The van der Waals surface area contributed by atoms with Crippen molar-refractivity contribution in [3.05, 3.63) is 36.7 Å². The lowest BCUT2D eigenvalue weighted by Gasteiger charge is -2.24. The first-order chi connectivity index (χ1) is 12.8. The van der Waals surface area contributed by atoms with Crippen LogP contribution >= 0.6 is 0 Å². The summed E-state index contributed by atoms with van der Waals surface area (Å²) in [6, 6.07) is 7.71. The van der Waals surface area contributed by atoms with Gasteiger partial charge >= 0.3 is 0 Å². The molecule has 1 aliphatic heterocycles. The van der Waals surface area contributed by atoms with E-state index >= 15 is 0 Å². The van der Waals surface area contributed by atoms with E-state index in [4.69, 9.17) is 4.74 Å². The van der Waals surface area contributed by atoms with E-state index in [0.717, 1.165) is 32.2 Å². The molecule has 0 atom stereocenters. The third-order valence-corrected chi connectivity index (χ3v) is 5.40. The highest BCUT2D eigenvalue weighted by Crippen LogP contribution is 2.27. The van der Waals surface area contributed by atoms with Gasteiger partial charge in [-0.3, -0.25) is 9.69 Å². The molecule has 2 heterocycles. The molecule has 3 rings (SSSR count). The molecule has 2 aromatic rings. The summed E-state index contributed by atoms with van der Waals surface area (Å²) in [5.41, 5.74) is 0.515. The van der Waals surface area contributed by atoms with E-state index in [1.165, 1.54) is 30.3 Å². The van der Waals surface area contributed by atoms with Crippen LogP contribution in [0.15, 0.2) is 41.6 Å². The second-order valence-electron chi connectivity index (χ2n) is 6.40. The number of carbonyl (C=O) groups is 1. The molecule has 1 saturated heterocycles. The molecule has 0 saturated carbocycles. The van der Waals surface area contributed by atoms with Gasteiger partial charge in [0.15, 0.2) is 9.84 Å². The highest BCUT2D eigenvalue weighted by Gasteiger charge is 2.20. The van der Waals surface area contributed by atoms with E-state index in [1.807, 2.05) is 0 Å². The predicted molar refractivity (Wildman–Crippen MR) is 101 cm³/mol. The zero-order chi connectivity index (χ0) is 19.4. The van der Waals surface area contributed by atoms with Gasteiger partial charge in [0.2, 0.25) is 11.8 Å². The van der Waals surface area contributed by atoms with Gasteiger partial charge in [0.1, 0.15) is 18.2 Å². The summed E-state index contributed by atoms with van der Waals surface area (Å²) in [7, 11) is -3.31. The van der Waals surface area contributed by atoms with Crippen LogP contribution in [0.25, 0.3) is 0 Å². The summed E-state index contributed by atoms with van der Waals surface area (Å²) in [4.78, 5) is 22.1. The van der Waals surface area contributed by atoms with Gasteiger partial charge < -0.3 is 10.1 Å². The zero-order valence-electron chi connectivity index (χ0n) is 15.3. The van der Waals surface area contributed by atoms with E-state index in [9.17, 15) is 13.2 Å². The molecule has 0 aliphatic carbocycles. The van der Waals surface area contributed by atoms with Crippen LogP contribution in [-0.4, -0.2) is 49.7 Å². The number of sulfone groups is 1. The van der Waals surface area contributed by atoms with Crippen LogP contribution in [0, 0.1) is 0 Å². The van der Waals surface area contributed by atoms with Crippen molar-refractivity contribution in [1.29, 1.82) is 0 Å². The van der Waals surface area contributed by atoms with Gasteiger partial charge in [-0.25, -0.2) is 18.4 Å². The van der Waals surface area contributed by atoms with Gasteiger partial charge in [0.05, 0.1) is 10.6 Å². The number of amides is 1. The van der Waals surface area contributed by atoms with Crippen molar-refractivity contribution in [2.24, 2.45) is 0 Å². The molecule has 1 fully saturated rings. The van der Waals surface area contributed by atoms with Gasteiger partial charge in [0, 0.05) is 19.2 Å². The number of hydrogen-bond acceptors (Lipinski definition) is 7. The van der Waals surface area contributed by atoms with Crippen LogP contribution in [0.4, 0.5) is 11.5 Å². The molecule has 8 nitrogen and oxygen atoms in total. The minimum Gasteiger partial charge on any atom is -0.474 e. The van der Waals surface area contributed by atoms with Crippen molar-refractivity contribution in [1.82, 2.24) is 15.3 Å². The molecule has 9 heteroatoms. The lowest BCUT2D eigenvalue weighted by Crippen LogP contribution is -2.34. The lowest BCUT2D eigenvalue weighted by atomic mass is 10.1. The van der Waals surface area contributed by atoms with Crippen molar-refractivity contribution in [2.45, 2.75) is 30.8 Å². The number of aromatic nitrogens is 2. The smallest absolute Gasteiger partial charge is 0.229 e. The number of piperidine rings is 1. The molecule has 1 aromatic heterocycles. The maximum atomic E-state index is 12.2. The van der Waals surface area contributed by atoms with Crippen LogP contribution in [0.3, 0.4) is 0 Å². The van der Waals surface area contributed by atoms with E-state index in [-0.39, 0.29) is 16.9 Å². The molecule has 27 heavy (non-hydrogen) atoms. The van der Waals surface area contributed by atoms with E-state index in [2.05, 4.69) is 15.3 Å². The van der Waals surface area contributed by atoms with Gasteiger partial charge in [-0.2, -0.15) is 0 Å². The molecule has 1 aliphatic rings. The number of anilines is 2. The highest BCUT2D eigenvalue weighted by atomic mass is 32.2. The fraction of sp³-hybridized carbons (Fsp3) is 0.389. The van der Waals surface area contributed by atoms with Crippen molar-refractivity contribution in [3.63, 3.8) is 0 Å². The van der Waals surface area contributed by atoms with Crippen LogP contribution in [0.1, 0.15) is 19.8 Å². The Morgan fingerprint density at radius 3 is 2.44 bits per heavy atom. The SMILES string of the molecule is CC(=O)N(c1ccc(S(C)(=O)=O)cc1)c1cc(OC2CCNCC2)ncn1. The first kappa shape index (κ1) is 19.2. The number of hydrogen-bond donors (Lipinski definition) is 1. The van der Waals surface area contributed by atoms with E-state index < -0.39 is 9.84 Å². The van der Waals surface area contributed by atoms with Gasteiger partial charge in [-0.15, -0.1) is 0 Å². The fourth-order valence-corrected chi connectivity index (χ4v) is 3.55. The first-order valence-corrected chi connectivity index (χ1v) is 10.5. The maximum absolute atomic E-state index is 12.2. The van der Waals surface area contributed by atoms with Crippen molar-refractivity contribution in [2.75, 3.05) is 24.2 Å². The Balaban J connectivity index is 1.86. The minimum atomic E-state index is -3.31. The Bertz CT molecular complexity index is 909. The molecule has 0 bridgehead atoms. The van der Waals surface area contributed by atoms with Crippen molar-refractivity contribution in [3.8, 4) is 5.88 Å². The number of rotatable bonds is 5. The summed E-state index contributed by atoms with van der Waals surface area (Å²) >= 11 is 0. The first-order valence-electron chi connectivity index (χ1n) is 8.65. The zero-order valence-corrected chi connectivity index (χ0v) is 16.1. The predicted octanol–water partition coefficient (Wildman–Crippen LogP) is 1.70. The summed E-state index contributed by atoms with van der Waals surface area (Å²) in [6.45, 7) is 3.21. The molecular weight excluding hydrogens is 368 g/mol. The average Bonchev–Trinajstić information content (AvgIpc) is 2.62. The van der Waals surface area contributed by atoms with Crippen molar-refractivity contribution >= 4 is 27.2 Å². The third kappa shape index (κ3) is 4.81. The third-order valence-electron chi connectivity index (χ3n) is 4.27. The molecule has 1 aromatic carbocycles. The topological polar surface area (TPSA) is 101 Å². The average molecular weight is 390 g/mol. The molecular formula is C18H22N4O4S. The Morgan fingerprint density at radius 2 is 1.85 bits per heavy atom. The number of ether oxygens (including phenoxy) is 1. The lowest BCUT2D eigenvalue weighted by molar-refractivity contribution is -0.115. The molecule has 0 spiro atoms. The van der Waals surface area contributed by atoms with E-state index in [1.54, 1.807) is 18.2 Å². The Labute approximate surface area is 158 Å². The van der Waals surface area contributed by atoms with E-state index in [0.29, 0.717) is 17.4 Å². The monoisotopic (exact) mass is 390 g/mol. The standard InChI is InChI=1S/C18H22N4O4S/c1-13(23)22(14-3-5-16(6-4-14)27(2,24)25)17-11-18(21-12-20-17)26-15-7-9-19-10-8-15/h3-6,11-12,15,19H,7-10H2,1-2H3. The Morgan fingerprint density at radius 1 is 1.19 bits per heavy atom. The number of nitrogens with one attached hydrogen (secondary N) is 1. The van der Waals surface area contributed by atoms with Crippen molar-refractivity contribution < 1.29 is 17.9 Å². The molecule has 0 unspecified atom stereocenters. The summed E-state index contributed by atoms with van der Waals surface area (Å²) < 4.78 is 29.2. The Hall–Kier alpha value is -2.52. The number of benzene rings is 1. The molecule has 144 valence electrons. The maximum Gasteiger partial charge on any atom is 0.229 e. The van der Waals surface area contributed by atoms with Gasteiger partial charge in [-0.1, -0.05) is 0 Å². The normalized spacial score (nSPS) is 15.3. The summed E-state index contributed by atoms with van der Waals surface area (Å²) in [6.07, 6.45) is 4.35. The minimum absolute atomic E-state index is 0.0776. The summed E-state index contributed by atoms with van der Waals surface area (Å²) in [5.74, 6) is 0.521. The largest absolute Gasteiger partial charge is 0.474 e. The highest BCUT2D eigenvalue weighted by molar-refractivity contribution is 7.90. The van der Waals surface area contributed by atoms with Crippen LogP contribution in [-0.2, 0) is 14.6 Å². The second-order valence-corrected chi connectivity index (χ2v) is 8.42. The molecule has 0 radical (unpaired) electrons. The number of nitrogens with zero attached hydrogens (tertiary/aromatic N) is 3. The van der Waals surface area contributed by atoms with Crippen LogP contribution in [0.5, 0.6) is 5.88 Å². The number of carbonyl (C=O) groups excluding carboxylic acids is 1. The van der Waals surface area contributed by atoms with Crippen LogP contribution in [0.2, 0.25) is 0 Å². The molecule has 1 amide bonds. The summed E-state index contributed by atoms with van der Waals surface area (Å²) in [5, 5.41) is 3.27. The molecule has 1 N–H and O–H groups in total. The fourth-order valence-electron chi connectivity index (χ4n) is 2.92. The quantitative estimate of drug-likeness (QED) is 0.829. The second kappa shape index (κ2) is 8.01. The Kier molecular flexibility index (Phi) is 5.71.